The van der Waals surface area contributed by atoms with Crippen molar-refractivity contribution in [3.05, 3.63) is 72.4 Å². The third-order valence-corrected chi connectivity index (χ3v) is 6.89. The first-order valence-electron chi connectivity index (χ1n) is 12.1. The number of likely N-dealkylation sites (tertiary alicyclic amines) is 1. The summed E-state index contributed by atoms with van der Waals surface area (Å²) in [4.78, 5) is 20.2. The third kappa shape index (κ3) is 4.33. The number of hydrogen-bond acceptors (Lipinski definition) is 6. The molecule has 2 aromatic heterocycles. The molecule has 2 fully saturated rings. The number of benzene rings is 2. The minimum atomic E-state index is 0.144. The Hall–Kier alpha value is -3.91. The van der Waals surface area contributed by atoms with Gasteiger partial charge in [0, 0.05) is 36.6 Å². The van der Waals surface area contributed by atoms with Gasteiger partial charge in [0.25, 0.3) is 0 Å². The van der Waals surface area contributed by atoms with Gasteiger partial charge in [0.2, 0.25) is 12.4 Å². The summed E-state index contributed by atoms with van der Waals surface area (Å²) in [5.74, 6) is 0.535. The van der Waals surface area contributed by atoms with E-state index >= 15 is 0 Å². The van der Waals surface area contributed by atoms with E-state index in [1.165, 1.54) is 5.69 Å². The van der Waals surface area contributed by atoms with Crippen LogP contribution in [0.2, 0.25) is 0 Å². The number of carbonyl (C=O) groups is 1. The van der Waals surface area contributed by atoms with E-state index in [4.69, 9.17) is 9.84 Å². The van der Waals surface area contributed by atoms with E-state index in [1.807, 2.05) is 21.7 Å². The molecule has 0 radical (unpaired) electrons. The Balaban J connectivity index is 1.25. The maximum atomic E-state index is 11.5. The molecule has 0 bridgehead atoms. The molecule has 35 heavy (non-hydrogen) atoms. The van der Waals surface area contributed by atoms with Crippen LogP contribution in [0.25, 0.3) is 16.8 Å². The van der Waals surface area contributed by atoms with Gasteiger partial charge in [-0.3, -0.25) is 4.79 Å². The van der Waals surface area contributed by atoms with Crippen molar-refractivity contribution < 1.29 is 9.53 Å². The zero-order valence-corrected chi connectivity index (χ0v) is 19.5. The summed E-state index contributed by atoms with van der Waals surface area (Å²) >= 11 is 0. The summed E-state index contributed by atoms with van der Waals surface area (Å²) < 4.78 is 7.37. The molecule has 0 spiro atoms. The van der Waals surface area contributed by atoms with E-state index in [0.717, 1.165) is 80.1 Å². The average Bonchev–Trinajstić information content (AvgIpc) is 3.57. The molecule has 0 aliphatic carbocycles. The summed E-state index contributed by atoms with van der Waals surface area (Å²) in [5, 5.41) is 8.11. The van der Waals surface area contributed by atoms with Gasteiger partial charge in [-0.25, -0.2) is 9.50 Å². The smallest absolute Gasteiger partial charge is 0.245 e. The van der Waals surface area contributed by atoms with Crippen molar-refractivity contribution >= 4 is 29.2 Å². The fourth-order valence-electron chi connectivity index (χ4n) is 5.06. The van der Waals surface area contributed by atoms with E-state index in [9.17, 15) is 4.79 Å². The molecule has 4 aromatic rings. The Morgan fingerprint density at radius 2 is 1.86 bits per heavy atom. The maximum Gasteiger partial charge on any atom is 0.245 e. The SMILES string of the molecule is O=CN1CCCC1c1cccc(-c2ccc3cnc(Nc4ccc(N5CCOCC5)cc4)nn23)c1. The first-order valence-corrected chi connectivity index (χ1v) is 12.1. The van der Waals surface area contributed by atoms with Crippen molar-refractivity contribution in [1.29, 1.82) is 0 Å². The van der Waals surface area contributed by atoms with Crippen LogP contribution in [0.5, 0.6) is 0 Å². The normalized spacial score (nSPS) is 18.2. The zero-order valence-electron chi connectivity index (χ0n) is 19.5. The molecule has 2 aliphatic heterocycles. The second-order valence-corrected chi connectivity index (χ2v) is 9.04. The summed E-state index contributed by atoms with van der Waals surface area (Å²) in [6, 6.07) is 21.0. The number of anilines is 3. The monoisotopic (exact) mass is 468 g/mol. The fourth-order valence-corrected chi connectivity index (χ4v) is 5.06. The molecule has 6 rings (SSSR count). The lowest BCUT2D eigenvalue weighted by Crippen LogP contribution is -2.36. The second-order valence-electron chi connectivity index (χ2n) is 9.04. The van der Waals surface area contributed by atoms with E-state index < -0.39 is 0 Å². The molecule has 4 heterocycles. The summed E-state index contributed by atoms with van der Waals surface area (Å²) in [6.45, 7) is 4.19. The van der Waals surface area contributed by atoms with Crippen molar-refractivity contribution in [1.82, 2.24) is 19.5 Å². The molecule has 178 valence electrons. The second kappa shape index (κ2) is 9.38. The predicted octanol–water partition coefficient (Wildman–Crippen LogP) is 4.27. The highest BCUT2D eigenvalue weighted by Gasteiger charge is 2.25. The molecule has 0 saturated carbocycles. The van der Waals surface area contributed by atoms with Crippen LogP contribution in [-0.2, 0) is 9.53 Å². The Kier molecular flexibility index (Phi) is 5.79. The van der Waals surface area contributed by atoms with E-state index in [0.29, 0.717) is 5.95 Å². The molecule has 1 atom stereocenters. The van der Waals surface area contributed by atoms with Gasteiger partial charge in [0.15, 0.2) is 0 Å². The summed E-state index contributed by atoms with van der Waals surface area (Å²) in [7, 11) is 0. The minimum absolute atomic E-state index is 0.144. The van der Waals surface area contributed by atoms with Crippen molar-refractivity contribution in [3.63, 3.8) is 0 Å². The van der Waals surface area contributed by atoms with Gasteiger partial charge in [-0.1, -0.05) is 18.2 Å². The highest BCUT2D eigenvalue weighted by Crippen LogP contribution is 2.33. The van der Waals surface area contributed by atoms with E-state index in [1.54, 1.807) is 0 Å². The Bertz CT molecular complexity index is 1330. The number of nitrogens with zero attached hydrogens (tertiary/aromatic N) is 5. The Labute approximate surface area is 204 Å². The summed E-state index contributed by atoms with van der Waals surface area (Å²) in [5.41, 5.74) is 6.28. The van der Waals surface area contributed by atoms with Crippen LogP contribution in [0.4, 0.5) is 17.3 Å². The van der Waals surface area contributed by atoms with Gasteiger partial charge >= 0.3 is 0 Å². The van der Waals surface area contributed by atoms with E-state index in [-0.39, 0.29) is 6.04 Å². The van der Waals surface area contributed by atoms with Gasteiger partial charge in [0.05, 0.1) is 36.7 Å². The van der Waals surface area contributed by atoms with Crippen LogP contribution in [0.1, 0.15) is 24.4 Å². The van der Waals surface area contributed by atoms with Crippen LogP contribution in [0.15, 0.2) is 66.9 Å². The number of nitrogens with one attached hydrogen (secondary N) is 1. The first-order chi connectivity index (χ1) is 17.3. The quantitative estimate of drug-likeness (QED) is 0.426. The molecule has 2 saturated heterocycles. The van der Waals surface area contributed by atoms with Crippen molar-refractivity contribution in [2.24, 2.45) is 0 Å². The third-order valence-electron chi connectivity index (χ3n) is 6.89. The standard InChI is InChI=1S/C27H28N6O2/c34-19-32-12-2-5-25(32)20-3-1-4-21(17-20)26-11-10-24-18-28-27(30-33(24)26)29-22-6-8-23(9-7-22)31-13-15-35-16-14-31/h1,3-4,6-11,17-19,25H,2,5,12-16H2,(H,29,30). The highest BCUT2D eigenvalue weighted by molar-refractivity contribution is 5.68. The number of aromatic nitrogens is 3. The van der Waals surface area contributed by atoms with Crippen LogP contribution >= 0.6 is 0 Å². The molecule has 1 amide bonds. The molecule has 1 unspecified atom stereocenters. The number of amides is 1. The molecule has 1 N–H and O–H groups in total. The number of hydrogen-bond donors (Lipinski definition) is 1. The number of carbonyl (C=O) groups excluding carboxylic acids is 1. The van der Waals surface area contributed by atoms with Crippen LogP contribution in [0, 0.1) is 0 Å². The fraction of sp³-hybridized carbons (Fsp3) is 0.296. The average molecular weight is 469 g/mol. The summed E-state index contributed by atoms with van der Waals surface area (Å²) in [6.07, 6.45) is 4.83. The molecule has 2 aliphatic rings. The number of ether oxygens (including phenoxy) is 1. The van der Waals surface area contributed by atoms with Gasteiger partial charge in [-0.15, -0.1) is 5.10 Å². The van der Waals surface area contributed by atoms with Gasteiger partial charge in [-0.2, -0.15) is 0 Å². The number of morpholine rings is 1. The predicted molar refractivity (Wildman–Crippen MR) is 136 cm³/mol. The first kappa shape index (κ1) is 21.6. The minimum Gasteiger partial charge on any atom is -0.378 e. The zero-order chi connectivity index (χ0) is 23.6. The lowest BCUT2D eigenvalue weighted by molar-refractivity contribution is -0.118. The molecule has 8 heteroatoms. The van der Waals surface area contributed by atoms with Crippen molar-refractivity contribution in [3.8, 4) is 11.3 Å². The Morgan fingerprint density at radius 3 is 2.69 bits per heavy atom. The molecular formula is C27H28N6O2. The van der Waals surface area contributed by atoms with Crippen molar-refractivity contribution in [2.45, 2.75) is 18.9 Å². The number of rotatable bonds is 6. The lowest BCUT2D eigenvalue weighted by Gasteiger charge is -2.28. The Morgan fingerprint density at radius 1 is 1.00 bits per heavy atom. The van der Waals surface area contributed by atoms with Crippen LogP contribution in [0.3, 0.4) is 0 Å². The van der Waals surface area contributed by atoms with Gasteiger partial charge < -0.3 is 19.9 Å². The molecule has 2 aromatic carbocycles. The molecule has 8 nitrogen and oxygen atoms in total. The van der Waals surface area contributed by atoms with Gasteiger partial charge in [-0.05, 0) is 60.9 Å². The topological polar surface area (TPSA) is 75.0 Å². The largest absolute Gasteiger partial charge is 0.378 e. The van der Waals surface area contributed by atoms with Gasteiger partial charge in [0.1, 0.15) is 0 Å². The van der Waals surface area contributed by atoms with Crippen molar-refractivity contribution in [2.75, 3.05) is 43.1 Å². The van der Waals surface area contributed by atoms with Crippen LogP contribution < -0.4 is 10.2 Å². The van der Waals surface area contributed by atoms with E-state index in [2.05, 4.69) is 69.8 Å². The molecular weight excluding hydrogens is 440 g/mol. The maximum absolute atomic E-state index is 11.5. The highest BCUT2D eigenvalue weighted by atomic mass is 16.5. The lowest BCUT2D eigenvalue weighted by atomic mass is 10.0. The number of fused-ring (bicyclic) bond motifs is 1. The van der Waals surface area contributed by atoms with Crippen LogP contribution in [-0.4, -0.2) is 58.8 Å².